The lowest BCUT2D eigenvalue weighted by atomic mass is 10.2. The zero-order chi connectivity index (χ0) is 22.8. The third-order valence-corrected chi connectivity index (χ3v) is 6.05. The number of pyridine rings is 1. The van der Waals surface area contributed by atoms with E-state index in [1.807, 2.05) is 54.0 Å². The van der Waals surface area contributed by atoms with E-state index in [0.29, 0.717) is 35.5 Å². The van der Waals surface area contributed by atoms with Crippen LogP contribution in [0.15, 0.2) is 59.5 Å². The van der Waals surface area contributed by atoms with Gasteiger partial charge in [-0.15, -0.1) is 0 Å². The summed E-state index contributed by atoms with van der Waals surface area (Å²) in [5.74, 6) is -0.207. The Morgan fingerprint density at radius 2 is 1.91 bits per heavy atom. The van der Waals surface area contributed by atoms with Crippen molar-refractivity contribution in [1.29, 1.82) is 0 Å². The van der Waals surface area contributed by atoms with Crippen LogP contribution in [0.2, 0.25) is 0 Å². The number of carbonyl (C=O) groups excluding carboxylic acids is 1. The summed E-state index contributed by atoms with van der Waals surface area (Å²) in [6, 6.07) is 15.3. The van der Waals surface area contributed by atoms with Gasteiger partial charge in [-0.25, -0.2) is 4.98 Å². The van der Waals surface area contributed by atoms with Crippen LogP contribution in [0.1, 0.15) is 21.6 Å². The molecule has 8 nitrogen and oxygen atoms in total. The quantitative estimate of drug-likeness (QED) is 0.492. The van der Waals surface area contributed by atoms with E-state index in [4.69, 9.17) is 9.72 Å². The highest BCUT2D eigenvalue weighted by Gasteiger charge is 2.20. The van der Waals surface area contributed by atoms with Gasteiger partial charge in [-0.1, -0.05) is 36.4 Å². The summed E-state index contributed by atoms with van der Waals surface area (Å²) in [4.78, 5) is 33.5. The van der Waals surface area contributed by atoms with Crippen LogP contribution in [0.4, 0.5) is 0 Å². The van der Waals surface area contributed by atoms with E-state index in [1.54, 1.807) is 16.7 Å². The minimum atomic E-state index is -0.207. The van der Waals surface area contributed by atoms with Crippen molar-refractivity contribution in [3.63, 3.8) is 0 Å². The van der Waals surface area contributed by atoms with E-state index >= 15 is 0 Å². The molecule has 1 amide bonds. The summed E-state index contributed by atoms with van der Waals surface area (Å²) >= 11 is 0. The zero-order valence-corrected chi connectivity index (χ0v) is 18.7. The molecule has 1 N–H and O–H groups in total. The molecule has 170 valence electrons. The fourth-order valence-electron chi connectivity index (χ4n) is 4.26. The molecule has 1 saturated heterocycles. The number of benzene rings is 1. The summed E-state index contributed by atoms with van der Waals surface area (Å²) in [5.41, 5.74) is 3.34. The molecule has 5 rings (SSSR count). The molecule has 33 heavy (non-hydrogen) atoms. The first-order valence-corrected chi connectivity index (χ1v) is 11.2. The number of nitrogens with zero attached hydrogens (tertiary/aromatic N) is 4. The second-order valence-electron chi connectivity index (χ2n) is 8.40. The van der Waals surface area contributed by atoms with Crippen LogP contribution in [-0.4, -0.2) is 64.2 Å². The van der Waals surface area contributed by atoms with Crippen molar-refractivity contribution in [3.8, 4) is 0 Å². The number of rotatable bonds is 6. The number of hydrogen-bond acceptors (Lipinski definition) is 5. The largest absolute Gasteiger partial charge is 0.379 e. The predicted octanol–water partition coefficient (Wildman–Crippen LogP) is 2.07. The van der Waals surface area contributed by atoms with E-state index < -0.39 is 0 Å². The highest BCUT2D eigenvalue weighted by atomic mass is 16.5. The van der Waals surface area contributed by atoms with Gasteiger partial charge >= 0.3 is 0 Å². The third kappa shape index (κ3) is 4.40. The Hall–Kier alpha value is -3.49. The number of ether oxygens (including phenoxy) is 1. The molecule has 1 fully saturated rings. The Morgan fingerprint density at radius 3 is 2.70 bits per heavy atom. The van der Waals surface area contributed by atoms with E-state index in [0.717, 1.165) is 44.0 Å². The first kappa shape index (κ1) is 21.4. The topological polar surface area (TPSA) is 80.9 Å². The zero-order valence-electron chi connectivity index (χ0n) is 18.7. The fourth-order valence-corrected chi connectivity index (χ4v) is 4.26. The molecular weight excluding hydrogens is 418 g/mol. The van der Waals surface area contributed by atoms with Gasteiger partial charge in [0, 0.05) is 38.9 Å². The average molecular weight is 446 g/mol. The molecule has 1 aromatic carbocycles. The van der Waals surface area contributed by atoms with Gasteiger partial charge in [0.25, 0.3) is 11.5 Å². The molecule has 0 radical (unpaired) electrons. The van der Waals surface area contributed by atoms with Crippen molar-refractivity contribution in [1.82, 2.24) is 24.2 Å². The van der Waals surface area contributed by atoms with Gasteiger partial charge < -0.3 is 14.6 Å². The van der Waals surface area contributed by atoms with Crippen molar-refractivity contribution >= 4 is 22.6 Å². The average Bonchev–Trinajstić information content (AvgIpc) is 3.19. The van der Waals surface area contributed by atoms with Gasteiger partial charge in [-0.3, -0.25) is 18.9 Å². The second-order valence-corrected chi connectivity index (χ2v) is 8.40. The second kappa shape index (κ2) is 9.17. The Labute approximate surface area is 191 Å². The monoisotopic (exact) mass is 445 g/mol. The lowest BCUT2D eigenvalue weighted by Gasteiger charge is -2.26. The van der Waals surface area contributed by atoms with Crippen molar-refractivity contribution in [3.05, 3.63) is 81.9 Å². The van der Waals surface area contributed by atoms with Crippen molar-refractivity contribution in [2.24, 2.45) is 0 Å². The first-order valence-electron chi connectivity index (χ1n) is 11.2. The standard InChI is InChI=1S/C25H27N5O3/c1-18-7-8-22-27-23-20(25(32)30(22)16-18)15-21(29(23)17-19-5-3-2-4-6-19)24(31)26-9-10-28-11-13-33-14-12-28/h2-8,15-16H,9-14,17H2,1H3,(H,26,31). The Bertz CT molecular complexity index is 1350. The van der Waals surface area contributed by atoms with Crippen LogP contribution in [0.25, 0.3) is 16.7 Å². The SMILES string of the molecule is Cc1ccc2nc3c(cc(C(=O)NCCN4CCOCC4)n3Cc3ccccc3)c(=O)n2c1. The summed E-state index contributed by atoms with van der Waals surface area (Å²) < 4.78 is 8.77. The summed E-state index contributed by atoms with van der Waals surface area (Å²) in [5, 5.41) is 3.46. The van der Waals surface area contributed by atoms with Crippen molar-refractivity contribution < 1.29 is 9.53 Å². The summed E-state index contributed by atoms with van der Waals surface area (Å²) in [7, 11) is 0. The third-order valence-electron chi connectivity index (χ3n) is 6.05. The molecule has 3 aromatic heterocycles. The van der Waals surface area contributed by atoms with Gasteiger partial charge in [0.15, 0.2) is 0 Å². The van der Waals surface area contributed by atoms with Gasteiger partial charge in [-0.2, -0.15) is 0 Å². The Kier molecular flexibility index (Phi) is 5.93. The lowest BCUT2D eigenvalue weighted by Crippen LogP contribution is -2.41. The molecule has 0 bridgehead atoms. The Morgan fingerprint density at radius 1 is 1.12 bits per heavy atom. The molecule has 0 aliphatic carbocycles. The van der Waals surface area contributed by atoms with E-state index in [1.165, 1.54) is 0 Å². The molecular formula is C25H27N5O3. The molecule has 4 aromatic rings. The van der Waals surface area contributed by atoms with Gasteiger partial charge in [-0.05, 0) is 30.2 Å². The summed E-state index contributed by atoms with van der Waals surface area (Å²) in [6.45, 7) is 6.86. The normalized spacial score (nSPS) is 14.7. The molecule has 0 saturated carbocycles. The minimum absolute atomic E-state index is 0.173. The highest BCUT2D eigenvalue weighted by molar-refractivity contribution is 5.98. The van der Waals surface area contributed by atoms with Gasteiger partial charge in [0.2, 0.25) is 0 Å². The highest BCUT2D eigenvalue weighted by Crippen LogP contribution is 2.19. The van der Waals surface area contributed by atoms with Crippen LogP contribution < -0.4 is 10.9 Å². The summed E-state index contributed by atoms with van der Waals surface area (Å²) in [6.07, 6.45) is 1.78. The maximum atomic E-state index is 13.3. The molecule has 0 unspecified atom stereocenters. The van der Waals surface area contributed by atoms with Gasteiger partial charge in [0.1, 0.15) is 17.0 Å². The van der Waals surface area contributed by atoms with E-state index in [-0.39, 0.29) is 11.5 Å². The number of nitrogens with one attached hydrogen (secondary N) is 1. The minimum Gasteiger partial charge on any atom is -0.379 e. The molecule has 8 heteroatoms. The van der Waals surface area contributed by atoms with E-state index in [9.17, 15) is 9.59 Å². The number of aryl methyl sites for hydroxylation is 1. The molecule has 1 aliphatic rings. The van der Waals surface area contributed by atoms with E-state index in [2.05, 4.69) is 10.2 Å². The molecule has 0 spiro atoms. The number of fused-ring (bicyclic) bond motifs is 2. The van der Waals surface area contributed by atoms with Crippen molar-refractivity contribution in [2.45, 2.75) is 13.5 Å². The first-order chi connectivity index (χ1) is 16.1. The maximum Gasteiger partial charge on any atom is 0.268 e. The smallest absolute Gasteiger partial charge is 0.268 e. The number of amides is 1. The Balaban J connectivity index is 1.52. The van der Waals surface area contributed by atoms with Crippen molar-refractivity contribution in [2.75, 3.05) is 39.4 Å². The number of aromatic nitrogens is 3. The van der Waals surface area contributed by atoms with Crippen LogP contribution in [0, 0.1) is 6.92 Å². The fraction of sp³-hybridized carbons (Fsp3) is 0.320. The van der Waals surface area contributed by atoms with Gasteiger partial charge in [0.05, 0.1) is 18.6 Å². The van der Waals surface area contributed by atoms with Crippen LogP contribution >= 0.6 is 0 Å². The lowest BCUT2D eigenvalue weighted by molar-refractivity contribution is 0.0383. The maximum absolute atomic E-state index is 13.3. The molecule has 0 atom stereocenters. The predicted molar refractivity (Wildman–Crippen MR) is 127 cm³/mol. The number of carbonyl (C=O) groups is 1. The van der Waals surface area contributed by atoms with Crippen LogP contribution in [0.3, 0.4) is 0 Å². The van der Waals surface area contributed by atoms with Crippen LogP contribution in [0.5, 0.6) is 0 Å². The number of morpholine rings is 1. The number of hydrogen-bond donors (Lipinski definition) is 1. The van der Waals surface area contributed by atoms with Crippen LogP contribution in [-0.2, 0) is 11.3 Å². The molecule has 1 aliphatic heterocycles. The molecule has 4 heterocycles.